The predicted octanol–water partition coefficient (Wildman–Crippen LogP) is 2.72. The molecule has 0 saturated carbocycles. The van der Waals surface area contributed by atoms with Gasteiger partial charge in [-0.05, 0) is 30.9 Å². The normalized spacial score (nSPS) is 10.5. The van der Waals surface area contributed by atoms with Crippen molar-refractivity contribution < 1.29 is 14.4 Å². The SMILES string of the molecule is Cc1ccsc1-c1noc(C)c1C(=O)O. The van der Waals surface area contributed by atoms with Gasteiger partial charge in [0.1, 0.15) is 17.0 Å². The van der Waals surface area contributed by atoms with Gasteiger partial charge in [-0.3, -0.25) is 0 Å². The molecule has 0 bridgehead atoms. The van der Waals surface area contributed by atoms with Gasteiger partial charge in [-0.15, -0.1) is 11.3 Å². The molecule has 0 aliphatic carbocycles. The maximum atomic E-state index is 11.0. The highest BCUT2D eigenvalue weighted by Crippen LogP contribution is 2.32. The lowest BCUT2D eigenvalue weighted by molar-refractivity contribution is 0.0696. The molecule has 2 rings (SSSR count). The fraction of sp³-hybridized carbons (Fsp3) is 0.200. The molecule has 0 amide bonds. The van der Waals surface area contributed by atoms with E-state index in [0.29, 0.717) is 11.5 Å². The molecule has 2 aromatic rings. The molecule has 2 heterocycles. The van der Waals surface area contributed by atoms with Gasteiger partial charge < -0.3 is 9.63 Å². The molecule has 0 saturated heterocycles. The smallest absolute Gasteiger partial charge is 0.341 e. The fourth-order valence-electron chi connectivity index (χ4n) is 1.39. The number of hydrogen-bond donors (Lipinski definition) is 1. The lowest BCUT2D eigenvalue weighted by Crippen LogP contribution is -1.98. The van der Waals surface area contributed by atoms with Gasteiger partial charge in [-0.25, -0.2) is 4.79 Å². The highest BCUT2D eigenvalue weighted by molar-refractivity contribution is 7.13. The van der Waals surface area contributed by atoms with Crippen LogP contribution in [-0.4, -0.2) is 16.2 Å². The van der Waals surface area contributed by atoms with Gasteiger partial charge in [0, 0.05) is 0 Å². The van der Waals surface area contributed by atoms with E-state index in [0.717, 1.165) is 10.4 Å². The van der Waals surface area contributed by atoms with Crippen LogP contribution in [0.1, 0.15) is 21.7 Å². The number of carboxylic acids is 1. The van der Waals surface area contributed by atoms with E-state index in [1.807, 2.05) is 18.4 Å². The first-order valence-electron chi connectivity index (χ1n) is 4.35. The van der Waals surface area contributed by atoms with E-state index in [1.165, 1.54) is 11.3 Å². The van der Waals surface area contributed by atoms with Crippen LogP contribution in [0, 0.1) is 13.8 Å². The lowest BCUT2D eigenvalue weighted by Gasteiger charge is -1.95. The van der Waals surface area contributed by atoms with Gasteiger partial charge in [0.15, 0.2) is 0 Å². The van der Waals surface area contributed by atoms with E-state index < -0.39 is 5.97 Å². The molecule has 15 heavy (non-hydrogen) atoms. The average molecular weight is 223 g/mol. The Bertz CT molecular complexity index is 512. The maximum absolute atomic E-state index is 11.0. The van der Waals surface area contributed by atoms with E-state index in [9.17, 15) is 4.79 Å². The van der Waals surface area contributed by atoms with Crippen LogP contribution in [0.5, 0.6) is 0 Å². The second-order valence-electron chi connectivity index (χ2n) is 3.20. The molecular weight excluding hydrogens is 214 g/mol. The fourth-order valence-corrected chi connectivity index (χ4v) is 2.31. The van der Waals surface area contributed by atoms with Crippen molar-refractivity contribution in [2.75, 3.05) is 0 Å². The molecule has 0 atom stereocenters. The van der Waals surface area contributed by atoms with Crippen molar-refractivity contribution in [2.24, 2.45) is 0 Å². The highest BCUT2D eigenvalue weighted by Gasteiger charge is 2.22. The topological polar surface area (TPSA) is 63.3 Å². The van der Waals surface area contributed by atoms with Crippen molar-refractivity contribution in [1.29, 1.82) is 0 Å². The second kappa shape index (κ2) is 3.51. The van der Waals surface area contributed by atoms with Crippen molar-refractivity contribution in [3.05, 3.63) is 28.3 Å². The Balaban J connectivity index is 2.64. The number of thiophene rings is 1. The number of aromatic carboxylic acids is 1. The second-order valence-corrected chi connectivity index (χ2v) is 4.12. The zero-order valence-electron chi connectivity index (χ0n) is 8.27. The third-order valence-corrected chi connectivity index (χ3v) is 3.18. The lowest BCUT2D eigenvalue weighted by atomic mass is 10.1. The van der Waals surface area contributed by atoms with E-state index in [4.69, 9.17) is 9.63 Å². The molecule has 0 unspecified atom stereocenters. The summed E-state index contributed by atoms with van der Waals surface area (Å²) < 4.78 is 4.91. The Morgan fingerprint density at radius 1 is 1.53 bits per heavy atom. The van der Waals surface area contributed by atoms with E-state index in [2.05, 4.69) is 5.16 Å². The quantitative estimate of drug-likeness (QED) is 0.850. The molecule has 2 aromatic heterocycles. The van der Waals surface area contributed by atoms with E-state index in [1.54, 1.807) is 6.92 Å². The number of aryl methyl sites for hydroxylation is 2. The van der Waals surface area contributed by atoms with E-state index in [-0.39, 0.29) is 5.56 Å². The van der Waals surface area contributed by atoms with Gasteiger partial charge in [-0.2, -0.15) is 0 Å². The molecule has 0 radical (unpaired) electrons. The van der Waals surface area contributed by atoms with Gasteiger partial charge in [0.05, 0.1) is 4.88 Å². The van der Waals surface area contributed by atoms with Gasteiger partial charge in [0.25, 0.3) is 0 Å². The summed E-state index contributed by atoms with van der Waals surface area (Å²) in [6, 6.07) is 1.93. The zero-order valence-corrected chi connectivity index (χ0v) is 9.09. The van der Waals surface area contributed by atoms with Crippen LogP contribution in [0.25, 0.3) is 10.6 Å². The molecule has 78 valence electrons. The minimum Gasteiger partial charge on any atom is -0.477 e. The summed E-state index contributed by atoms with van der Waals surface area (Å²) in [5.41, 5.74) is 1.59. The van der Waals surface area contributed by atoms with Crippen molar-refractivity contribution in [3.63, 3.8) is 0 Å². The average Bonchev–Trinajstić information content (AvgIpc) is 2.71. The Labute approximate surface area is 90.1 Å². The number of carbonyl (C=O) groups is 1. The Morgan fingerprint density at radius 2 is 2.27 bits per heavy atom. The molecule has 0 aliphatic rings. The predicted molar refractivity (Wildman–Crippen MR) is 56.2 cm³/mol. The van der Waals surface area contributed by atoms with Crippen LogP contribution in [-0.2, 0) is 0 Å². The van der Waals surface area contributed by atoms with Crippen molar-refractivity contribution in [3.8, 4) is 10.6 Å². The molecule has 0 spiro atoms. The first-order chi connectivity index (χ1) is 7.11. The van der Waals surface area contributed by atoms with Gasteiger partial charge in [-0.1, -0.05) is 5.16 Å². The first kappa shape index (κ1) is 9.92. The summed E-state index contributed by atoms with van der Waals surface area (Å²) in [7, 11) is 0. The van der Waals surface area contributed by atoms with Crippen LogP contribution >= 0.6 is 11.3 Å². The summed E-state index contributed by atoms with van der Waals surface area (Å²) in [6.45, 7) is 3.52. The van der Waals surface area contributed by atoms with Crippen LogP contribution in [0.2, 0.25) is 0 Å². The zero-order chi connectivity index (χ0) is 11.0. The third-order valence-electron chi connectivity index (χ3n) is 2.15. The minimum absolute atomic E-state index is 0.153. The van der Waals surface area contributed by atoms with Crippen molar-refractivity contribution in [1.82, 2.24) is 5.16 Å². The summed E-state index contributed by atoms with van der Waals surface area (Å²) >= 11 is 1.46. The Hall–Kier alpha value is -1.62. The molecular formula is C10H9NO3S. The minimum atomic E-state index is -1.00. The summed E-state index contributed by atoms with van der Waals surface area (Å²) in [6.07, 6.45) is 0. The van der Waals surface area contributed by atoms with Crippen LogP contribution < -0.4 is 0 Å². The van der Waals surface area contributed by atoms with Gasteiger partial charge in [0.2, 0.25) is 0 Å². The molecule has 0 aliphatic heterocycles. The van der Waals surface area contributed by atoms with Crippen LogP contribution in [0.15, 0.2) is 16.0 Å². The molecule has 5 heteroatoms. The van der Waals surface area contributed by atoms with Crippen LogP contribution in [0.4, 0.5) is 0 Å². The summed E-state index contributed by atoms with van der Waals surface area (Å²) in [5, 5.41) is 14.7. The number of hydrogen-bond acceptors (Lipinski definition) is 4. The molecule has 4 nitrogen and oxygen atoms in total. The summed E-state index contributed by atoms with van der Waals surface area (Å²) in [5.74, 6) is -0.665. The number of rotatable bonds is 2. The standard InChI is InChI=1S/C10H9NO3S/c1-5-3-4-15-9(5)8-7(10(12)13)6(2)14-11-8/h3-4H,1-2H3,(H,12,13). The molecule has 0 aromatic carbocycles. The first-order valence-corrected chi connectivity index (χ1v) is 5.23. The number of nitrogens with zero attached hydrogens (tertiary/aromatic N) is 1. The monoisotopic (exact) mass is 223 g/mol. The Morgan fingerprint density at radius 3 is 2.80 bits per heavy atom. The number of aromatic nitrogens is 1. The van der Waals surface area contributed by atoms with Crippen LogP contribution in [0.3, 0.4) is 0 Å². The maximum Gasteiger partial charge on any atom is 0.341 e. The Kier molecular flexibility index (Phi) is 2.32. The highest BCUT2D eigenvalue weighted by atomic mass is 32.1. The van der Waals surface area contributed by atoms with Gasteiger partial charge >= 0.3 is 5.97 Å². The van der Waals surface area contributed by atoms with Crippen molar-refractivity contribution >= 4 is 17.3 Å². The largest absolute Gasteiger partial charge is 0.477 e. The third kappa shape index (κ3) is 1.55. The molecule has 1 N–H and O–H groups in total. The van der Waals surface area contributed by atoms with E-state index >= 15 is 0 Å². The van der Waals surface area contributed by atoms with Crippen molar-refractivity contribution in [2.45, 2.75) is 13.8 Å². The summed E-state index contributed by atoms with van der Waals surface area (Å²) in [4.78, 5) is 11.9. The number of carboxylic acid groups (broad SMARTS) is 1. The molecule has 0 fully saturated rings.